The number of ether oxygens (including phenoxy) is 3. The van der Waals surface area contributed by atoms with Crippen molar-refractivity contribution in [3.8, 4) is 0 Å². The van der Waals surface area contributed by atoms with Gasteiger partial charge in [-0.1, -0.05) is 50.6 Å². The molecule has 1 aliphatic carbocycles. The second kappa shape index (κ2) is 14.9. The van der Waals surface area contributed by atoms with Gasteiger partial charge < -0.3 is 19.3 Å². The fourth-order valence-electron chi connectivity index (χ4n) is 3.91. The first-order chi connectivity index (χ1) is 16.0. The lowest BCUT2D eigenvalue weighted by Gasteiger charge is -2.27. The number of halogens is 1. The summed E-state index contributed by atoms with van der Waals surface area (Å²) in [6.45, 7) is 4.53. The molecule has 0 unspecified atom stereocenters. The van der Waals surface area contributed by atoms with Crippen molar-refractivity contribution in [1.82, 2.24) is 0 Å². The maximum absolute atomic E-state index is 12.8. The smallest absolute Gasteiger partial charge is 0.305 e. The highest BCUT2D eigenvalue weighted by atomic mass is 35.5. The molecule has 1 N–H and O–H groups in total. The molecule has 3 atom stereocenters. The molecule has 0 spiro atoms. The molecule has 0 saturated heterocycles. The Labute approximate surface area is 206 Å². The van der Waals surface area contributed by atoms with Gasteiger partial charge in [-0.25, -0.2) is 0 Å². The molecule has 0 amide bonds. The Morgan fingerprint density at radius 1 is 1.06 bits per heavy atom. The van der Waals surface area contributed by atoms with Crippen LogP contribution in [0.1, 0.15) is 85.0 Å². The minimum atomic E-state index is -1.61. The third-order valence-electron chi connectivity index (χ3n) is 5.62. The molecule has 9 heteroatoms. The summed E-state index contributed by atoms with van der Waals surface area (Å²) in [4.78, 5) is 47.7. The Bertz CT molecular complexity index is 788. The van der Waals surface area contributed by atoms with E-state index in [0.29, 0.717) is 12.8 Å². The highest BCUT2D eigenvalue weighted by Gasteiger charge is 2.42. The van der Waals surface area contributed by atoms with Crippen LogP contribution in [0.5, 0.6) is 0 Å². The van der Waals surface area contributed by atoms with Gasteiger partial charge in [0.25, 0.3) is 0 Å². The van der Waals surface area contributed by atoms with Crippen molar-refractivity contribution < 1.29 is 38.5 Å². The molecule has 192 valence electrons. The number of hydrogen-bond donors (Lipinski definition) is 1. The molecular weight excluding hydrogens is 464 g/mol. The second-order valence-electron chi connectivity index (χ2n) is 8.53. The number of ketones is 1. The minimum absolute atomic E-state index is 0.0116. The van der Waals surface area contributed by atoms with E-state index in [-0.39, 0.29) is 29.9 Å². The molecule has 1 rings (SSSR count). The summed E-state index contributed by atoms with van der Waals surface area (Å²) in [7, 11) is 1.27. The molecule has 0 aromatic rings. The standard InChI is InChI=1S/C25H37ClO8/c1-5-6-7-8-9-10-14-25(31)16-20(26)24(30)19(25)15-22(34-18(3)28)21(33-17(2)27)12-11-13-23(29)32-4/h15-16,21-22,31H,5-14H2,1-4H3/b19-15-/t21-,22+,25-/m0/s1. The lowest BCUT2D eigenvalue weighted by Crippen LogP contribution is -2.36. The van der Waals surface area contributed by atoms with E-state index in [1.54, 1.807) is 0 Å². The van der Waals surface area contributed by atoms with E-state index in [0.717, 1.165) is 32.1 Å². The molecule has 0 aromatic heterocycles. The number of unbranched alkanes of at least 4 members (excludes halogenated alkanes) is 5. The van der Waals surface area contributed by atoms with Crippen LogP contribution in [-0.4, -0.2) is 53.7 Å². The molecule has 0 radical (unpaired) electrons. The Morgan fingerprint density at radius 3 is 2.26 bits per heavy atom. The van der Waals surface area contributed by atoms with Crippen molar-refractivity contribution in [3.63, 3.8) is 0 Å². The molecule has 0 bridgehead atoms. The second-order valence-corrected chi connectivity index (χ2v) is 8.94. The first-order valence-corrected chi connectivity index (χ1v) is 12.2. The van der Waals surface area contributed by atoms with Crippen LogP contribution in [-0.2, 0) is 33.4 Å². The molecule has 0 aliphatic heterocycles. The number of hydrogen-bond acceptors (Lipinski definition) is 8. The van der Waals surface area contributed by atoms with E-state index < -0.39 is 41.5 Å². The summed E-state index contributed by atoms with van der Waals surface area (Å²) in [6.07, 6.45) is 7.32. The molecular formula is C25H37ClO8. The molecule has 1 aliphatic rings. The number of esters is 3. The number of methoxy groups -OCH3 is 1. The van der Waals surface area contributed by atoms with E-state index in [4.69, 9.17) is 21.1 Å². The van der Waals surface area contributed by atoms with Crippen molar-refractivity contribution in [2.24, 2.45) is 0 Å². The van der Waals surface area contributed by atoms with Crippen LogP contribution >= 0.6 is 11.6 Å². The first-order valence-electron chi connectivity index (χ1n) is 11.8. The average Bonchev–Trinajstić information content (AvgIpc) is 2.97. The average molecular weight is 501 g/mol. The van der Waals surface area contributed by atoms with E-state index in [9.17, 15) is 24.3 Å². The predicted molar refractivity (Wildman–Crippen MR) is 127 cm³/mol. The van der Waals surface area contributed by atoms with Crippen molar-refractivity contribution in [1.29, 1.82) is 0 Å². The Hall–Kier alpha value is -2.19. The van der Waals surface area contributed by atoms with E-state index in [2.05, 4.69) is 11.7 Å². The monoisotopic (exact) mass is 500 g/mol. The van der Waals surface area contributed by atoms with Gasteiger partial charge in [0.2, 0.25) is 5.78 Å². The highest BCUT2D eigenvalue weighted by Crippen LogP contribution is 2.37. The number of aliphatic hydroxyl groups is 1. The zero-order chi connectivity index (χ0) is 25.7. The minimum Gasteiger partial charge on any atom is -0.469 e. The maximum Gasteiger partial charge on any atom is 0.305 e. The summed E-state index contributed by atoms with van der Waals surface area (Å²) >= 11 is 6.08. The van der Waals surface area contributed by atoms with Crippen molar-refractivity contribution in [2.75, 3.05) is 7.11 Å². The van der Waals surface area contributed by atoms with Gasteiger partial charge in [-0.3, -0.25) is 19.2 Å². The van der Waals surface area contributed by atoms with Gasteiger partial charge >= 0.3 is 17.9 Å². The Kier molecular flexibility index (Phi) is 13.1. The van der Waals surface area contributed by atoms with Gasteiger partial charge in [0.05, 0.1) is 12.1 Å². The molecule has 0 aromatic carbocycles. The first kappa shape index (κ1) is 29.8. The van der Waals surface area contributed by atoms with Gasteiger partial charge in [0, 0.05) is 25.8 Å². The fourth-order valence-corrected chi connectivity index (χ4v) is 4.19. The summed E-state index contributed by atoms with van der Waals surface area (Å²) in [5.41, 5.74) is -1.62. The fraction of sp³-hybridized carbons (Fsp3) is 0.680. The third-order valence-corrected chi connectivity index (χ3v) is 5.90. The van der Waals surface area contributed by atoms with Crippen LogP contribution in [0.2, 0.25) is 0 Å². The Balaban J connectivity index is 3.12. The van der Waals surface area contributed by atoms with Gasteiger partial charge in [-0.05, 0) is 37.8 Å². The van der Waals surface area contributed by atoms with Crippen LogP contribution in [0.3, 0.4) is 0 Å². The van der Waals surface area contributed by atoms with Crippen LogP contribution in [0.15, 0.2) is 22.8 Å². The number of rotatable bonds is 15. The number of carbonyl (C=O) groups is 4. The zero-order valence-corrected chi connectivity index (χ0v) is 21.3. The van der Waals surface area contributed by atoms with E-state index in [1.807, 2.05) is 0 Å². The molecule has 0 fully saturated rings. The lowest BCUT2D eigenvalue weighted by molar-refractivity contribution is -0.162. The molecule has 0 saturated carbocycles. The van der Waals surface area contributed by atoms with Crippen LogP contribution in [0, 0.1) is 0 Å². The summed E-state index contributed by atoms with van der Waals surface area (Å²) in [5, 5.41) is 11.1. The number of carbonyl (C=O) groups excluding carboxylic acids is 4. The summed E-state index contributed by atoms with van der Waals surface area (Å²) in [6, 6.07) is 0. The van der Waals surface area contributed by atoms with Crippen LogP contribution < -0.4 is 0 Å². The lowest BCUT2D eigenvalue weighted by atomic mass is 9.88. The topological polar surface area (TPSA) is 116 Å². The molecule has 34 heavy (non-hydrogen) atoms. The number of Topliss-reactive ketones (excluding diaryl/α,β-unsaturated/α-hetero) is 1. The maximum atomic E-state index is 12.8. The third kappa shape index (κ3) is 9.97. The SMILES string of the molecule is CCCCCCCC[C@]1(O)C=C(Cl)C(=O)/C1=C/[C@@H](OC(C)=O)[C@H](CCCC(=O)OC)OC(C)=O. The predicted octanol–water partition coefficient (Wildman–Crippen LogP) is 4.31. The van der Waals surface area contributed by atoms with E-state index in [1.165, 1.54) is 33.1 Å². The normalized spacial score (nSPS) is 20.6. The van der Waals surface area contributed by atoms with Gasteiger partial charge in [0.15, 0.2) is 6.10 Å². The molecule has 0 heterocycles. The van der Waals surface area contributed by atoms with E-state index >= 15 is 0 Å². The van der Waals surface area contributed by atoms with Crippen LogP contribution in [0.25, 0.3) is 0 Å². The summed E-state index contributed by atoms with van der Waals surface area (Å²) < 4.78 is 15.3. The zero-order valence-electron chi connectivity index (χ0n) is 20.6. The number of allylic oxidation sites excluding steroid dienone is 1. The summed E-state index contributed by atoms with van der Waals surface area (Å²) in [5.74, 6) is -2.27. The van der Waals surface area contributed by atoms with Crippen molar-refractivity contribution in [3.05, 3.63) is 22.8 Å². The van der Waals surface area contributed by atoms with Gasteiger partial charge in [0.1, 0.15) is 11.7 Å². The largest absolute Gasteiger partial charge is 0.469 e. The van der Waals surface area contributed by atoms with Gasteiger partial charge in [-0.2, -0.15) is 0 Å². The van der Waals surface area contributed by atoms with Crippen molar-refractivity contribution >= 4 is 35.3 Å². The highest BCUT2D eigenvalue weighted by molar-refractivity contribution is 6.46. The van der Waals surface area contributed by atoms with Gasteiger partial charge in [-0.15, -0.1) is 0 Å². The Morgan fingerprint density at radius 2 is 1.68 bits per heavy atom. The quantitative estimate of drug-likeness (QED) is 0.153. The van der Waals surface area contributed by atoms with Crippen molar-refractivity contribution in [2.45, 2.75) is 103 Å². The molecule has 8 nitrogen and oxygen atoms in total. The van der Waals surface area contributed by atoms with Crippen LogP contribution in [0.4, 0.5) is 0 Å².